The van der Waals surface area contributed by atoms with Crippen LogP contribution >= 0.6 is 0 Å². The minimum Gasteiger partial charge on any atom is -0.322 e. The van der Waals surface area contributed by atoms with E-state index in [9.17, 15) is 27.2 Å². The van der Waals surface area contributed by atoms with E-state index in [4.69, 9.17) is 0 Å². The van der Waals surface area contributed by atoms with Crippen LogP contribution in [0.5, 0.6) is 0 Å². The van der Waals surface area contributed by atoms with Crippen LogP contribution in [-0.4, -0.2) is 11.8 Å². The Balaban J connectivity index is 1.90. The molecule has 0 radical (unpaired) electrons. The number of carbonyl (C=O) groups excluding carboxylic acids is 2. The minimum absolute atomic E-state index is 0.190. The van der Waals surface area contributed by atoms with Crippen molar-refractivity contribution in [2.75, 3.05) is 10.6 Å². The lowest BCUT2D eigenvalue weighted by molar-refractivity contribution is -0.136. The molecule has 0 saturated heterocycles. The topological polar surface area (TPSA) is 58.2 Å². The number of hydrogen-bond donors (Lipinski definition) is 2. The Bertz CT molecular complexity index is 1160. The van der Waals surface area contributed by atoms with Crippen LogP contribution in [0.15, 0.2) is 60.7 Å². The number of halogens is 4. The van der Waals surface area contributed by atoms with E-state index in [0.717, 1.165) is 17.7 Å². The molecule has 2 N–H and O–H groups in total. The summed E-state index contributed by atoms with van der Waals surface area (Å²) in [5, 5.41) is 4.54. The quantitative estimate of drug-likeness (QED) is 0.502. The molecule has 0 aliphatic heterocycles. The predicted molar refractivity (Wildman–Crippen MR) is 110 cm³/mol. The molecule has 4 nitrogen and oxygen atoms in total. The van der Waals surface area contributed by atoms with Crippen molar-refractivity contribution in [3.05, 3.63) is 94.3 Å². The first-order chi connectivity index (χ1) is 14.6. The summed E-state index contributed by atoms with van der Waals surface area (Å²) < 4.78 is 54.6. The smallest absolute Gasteiger partial charge is 0.322 e. The third kappa shape index (κ3) is 4.91. The number of carbonyl (C=O) groups is 2. The molecule has 0 aliphatic carbocycles. The van der Waals surface area contributed by atoms with Gasteiger partial charge < -0.3 is 10.6 Å². The van der Waals surface area contributed by atoms with Crippen LogP contribution in [0, 0.1) is 19.7 Å². The number of nitrogens with one attached hydrogen (secondary N) is 2. The van der Waals surface area contributed by atoms with Crippen LogP contribution in [0.2, 0.25) is 0 Å². The van der Waals surface area contributed by atoms with Gasteiger partial charge in [-0.1, -0.05) is 24.3 Å². The number of benzene rings is 3. The molecule has 0 bridgehead atoms. The van der Waals surface area contributed by atoms with Gasteiger partial charge in [0.15, 0.2) is 0 Å². The molecule has 0 unspecified atom stereocenters. The highest BCUT2D eigenvalue weighted by Crippen LogP contribution is 2.37. The monoisotopic (exact) mass is 430 g/mol. The molecule has 0 atom stereocenters. The summed E-state index contributed by atoms with van der Waals surface area (Å²) >= 11 is 0. The lowest BCUT2D eigenvalue weighted by atomic mass is 10.0. The molecule has 0 saturated carbocycles. The molecule has 2 amide bonds. The summed E-state index contributed by atoms with van der Waals surface area (Å²) in [5.41, 5.74) is -0.351. The molecule has 0 fully saturated rings. The Morgan fingerprint density at radius 3 is 2.13 bits per heavy atom. The molecule has 31 heavy (non-hydrogen) atoms. The summed E-state index contributed by atoms with van der Waals surface area (Å²) in [4.78, 5) is 24.8. The van der Waals surface area contributed by atoms with Crippen LogP contribution in [-0.2, 0) is 6.18 Å². The van der Waals surface area contributed by atoms with E-state index in [1.165, 1.54) is 30.3 Å². The number of hydrogen-bond acceptors (Lipinski definition) is 2. The van der Waals surface area contributed by atoms with Gasteiger partial charge in [0.05, 0.1) is 16.8 Å². The largest absolute Gasteiger partial charge is 0.418 e. The molecule has 0 spiro atoms. The highest BCUT2D eigenvalue weighted by molar-refractivity contribution is 6.07. The fourth-order valence-corrected chi connectivity index (χ4v) is 3.00. The van der Waals surface area contributed by atoms with Crippen molar-refractivity contribution in [3.63, 3.8) is 0 Å². The van der Waals surface area contributed by atoms with Crippen LogP contribution in [0.25, 0.3) is 0 Å². The zero-order valence-electron chi connectivity index (χ0n) is 16.6. The van der Waals surface area contributed by atoms with Crippen LogP contribution < -0.4 is 10.6 Å². The van der Waals surface area contributed by atoms with E-state index >= 15 is 0 Å². The maximum absolute atomic E-state index is 13.8. The highest BCUT2D eigenvalue weighted by Gasteiger charge is 2.34. The zero-order chi connectivity index (χ0) is 22.8. The Morgan fingerprint density at radius 2 is 1.45 bits per heavy atom. The molecule has 160 valence electrons. The summed E-state index contributed by atoms with van der Waals surface area (Å²) in [7, 11) is 0. The van der Waals surface area contributed by atoms with E-state index < -0.39 is 35.1 Å². The van der Waals surface area contributed by atoms with E-state index in [2.05, 4.69) is 10.6 Å². The molecule has 3 aromatic carbocycles. The number of rotatable bonds is 4. The molecule has 3 aromatic rings. The van der Waals surface area contributed by atoms with Crippen molar-refractivity contribution in [2.45, 2.75) is 20.0 Å². The van der Waals surface area contributed by atoms with Gasteiger partial charge in [0.2, 0.25) is 0 Å². The average Bonchev–Trinajstić information content (AvgIpc) is 2.70. The first-order valence-corrected chi connectivity index (χ1v) is 9.22. The Hall–Kier alpha value is -3.68. The van der Waals surface area contributed by atoms with Crippen molar-refractivity contribution in [3.8, 4) is 0 Å². The van der Waals surface area contributed by atoms with Crippen molar-refractivity contribution in [1.29, 1.82) is 0 Å². The van der Waals surface area contributed by atoms with Gasteiger partial charge in [0.25, 0.3) is 11.8 Å². The number of aryl methyl sites for hydroxylation is 1. The van der Waals surface area contributed by atoms with E-state index in [-0.39, 0.29) is 16.8 Å². The normalized spacial score (nSPS) is 11.2. The maximum atomic E-state index is 13.8. The van der Waals surface area contributed by atoms with Gasteiger partial charge in [-0.3, -0.25) is 9.59 Å². The standard InChI is InChI=1S/C23H18F4N2O2/c1-13-6-5-8-16(14(13)2)21(30)29-20-11-10-15(12-18(20)23(25,26)27)28-22(31)17-7-3-4-9-19(17)24/h3-12H,1-2H3,(H,28,31)(H,29,30). The Kier molecular flexibility index (Phi) is 6.10. The first-order valence-electron chi connectivity index (χ1n) is 9.22. The predicted octanol–water partition coefficient (Wildman–Crippen LogP) is 5.97. The molecule has 8 heteroatoms. The number of anilines is 2. The van der Waals surface area contributed by atoms with Gasteiger partial charge in [-0.2, -0.15) is 13.2 Å². The number of amides is 2. The minimum atomic E-state index is -4.80. The van der Waals surface area contributed by atoms with E-state index in [1.54, 1.807) is 26.0 Å². The zero-order valence-corrected chi connectivity index (χ0v) is 16.6. The van der Waals surface area contributed by atoms with Crippen LogP contribution in [0.3, 0.4) is 0 Å². The van der Waals surface area contributed by atoms with E-state index in [1.807, 2.05) is 0 Å². The summed E-state index contributed by atoms with van der Waals surface area (Å²) in [6, 6.07) is 13.0. The molecular formula is C23H18F4N2O2. The summed E-state index contributed by atoms with van der Waals surface area (Å²) in [6.07, 6.45) is -4.80. The fourth-order valence-electron chi connectivity index (χ4n) is 3.00. The molecule has 0 aromatic heterocycles. The van der Waals surface area contributed by atoms with Gasteiger partial charge in [-0.25, -0.2) is 4.39 Å². The first kappa shape index (κ1) is 22.0. The van der Waals surface area contributed by atoms with Crippen molar-refractivity contribution in [2.24, 2.45) is 0 Å². The third-order valence-corrected chi connectivity index (χ3v) is 4.80. The maximum Gasteiger partial charge on any atom is 0.418 e. The SMILES string of the molecule is Cc1cccc(C(=O)Nc2ccc(NC(=O)c3ccccc3F)cc2C(F)(F)F)c1C. The van der Waals surface area contributed by atoms with Gasteiger partial charge in [-0.05, 0) is 61.4 Å². The average molecular weight is 430 g/mol. The van der Waals surface area contributed by atoms with Gasteiger partial charge in [-0.15, -0.1) is 0 Å². The molecule has 0 heterocycles. The highest BCUT2D eigenvalue weighted by atomic mass is 19.4. The second kappa shape index (κ2) is 8.59. The molecule has 3 rings (SSSR count). The van der Waals surface area contributed by atoms with Crippen molar-refractivity contribution < 1.29 is 27.2 Å². The lowest BCUT2D eigenvalue weighted by Gasteiger charge is -2.17. The lowest BCUT2D eigenvalue weighted by Crippen LogP contribution is -2.19. The summed E-state index contributed by atoms with van der Waals surface area (Å²) in [6.45, 7) is 3.50. The van der Waals surface area contributed by atoms with Crippen molar-refractivity contribution in [1.82, 2.24) is 0 Å². The Labute approximate surface area is 175 Å². The van der Waals surface area contributed by atoms with Crippen LogP contribution in [0.4, 0.5) is 28.9 Å². The Morgan fingerprint density at radius 1 is 0.806 bits per heavy atom. The van der Waals surface area contributed by atoms with Crippen molar-refractivity contribution >= 4 is 23.2 Å². The van der Waals surface area contributed by atoms with Gasteiger partial charge >= 0.3 is 6.18 Å². The van der Waals surface area contributed by atoms with Crippen LogP contribution in [0.1, 0.15) is 37.4 Å². The molecule has 0 aliphatic rings. The second-order valence-corrected chi connectivity index (χ2v) is 6.89. The summed E-state index contributed by atoms with van der Waals surface area (Å²) in [5.74, 6) is -2.37. The fraction of sp³-hybridized carbons (Fsp3) is 0.130. The van der Waals surface area contributed by atoms with Gasteiger partial charge in [0.1, 0.15) is 5.82 Å². The number of alkyl halides is 3. The third-order valence-electron chi connectivity index (χ3n) is 4.80. The van der Waals surface area contributed by atoms with Gasteiger partial charge in [0, 0.05) is 11.3 Å². The second-order valence-electron chi connectivity index (χ2n) is 6.89. The van der Waals surface area contributed by atoms with E-state index in [0.29, 0.717) is 11.6 Å². The molecular weight excluding hydrogens is 412 g/mol.